The molecule has 0 bridgehead atoms. The van der Waals surface area contributed by atoms with Gasteiger partial charge in [0.2, 0.25) is 0 Å². The molecule has 1 aliphatic carbocycles. The molecule has 0 aliphatic heterocycles. The van der Waals surface area contributed by atoms with E-state index in [1.54, 1.807) is 8.70 Å². The topological polar surface area (TPSA) is 0 Å². The van der Waals surface area contributed by atoms with Crippen molar-refractivity contribution in [2.45, 2.75) is 36.8 Å². The molecule has 0 atom stereocenters. The Morgan fingerprint density at radius 2 is 1.11 bits per heavy atom. The maximum atomic E-state index is 2.36. The van der Waals surface area contributed by atoms with Gasteiger partial charge in [-0.25, -0.2) is 0 Å². The van der Waals surface area contributed by atoms with Crippen LogP contribution >= 0.6 is 0 Å². The van der Waals surface area contributed by atoms with Crippen molar-refractivity contribution >= 4 is 23.4 Å². The van der Waals surface area contributed by atoms with Gasteiger partial charge in [-0.1, -0.05) is 0 Å². The molecule has 0 spiro atoms. The van der Waals surface area contributed by atoms with Crippen LogP contribution in [0.25, 0.3) is 0 Å². The average Bonchev–Trinajstić information content (AvgIpc) is 2.51. The van der Waals surface area contributed by atoms with Gasteiger partial charge in [0.25, 0.3) is 0 Å². The van der Waals surface area contributed by atoms with Crippen molar-refractivity contribution in [2.24, 2.45) is 0 Å². The quantitative estimate of drug-likeness (QED) is 0.759. The molecular formula is C18H21As. The summed E-state index contributed by atoms with van der Waals surface area (Å²) in [5.74, 6) is 0. The van der Waals surface area contributed by atoms with Crippen LogP contribution in [-0.4, -0.2) is 14.7 Å². The van der Waals surface area contributed by atoms with Crippen molar-refractivity contribution in [1.29, 1.82) is 0 Å². The van der Waals surface area contributed by atoms with E-state index in [4.69, 9.17) is 0 Å². The van der Waals surface area contributed by atoms with Crippen LogP contribution in [0, 0.1) is 0 Å². The van der Waals surface area contributed by atoms with Gasteiger partial charge in [-0.15, -0.1) is 0 Å². The summed E-state index contributed by atoms with van der Waals surface area (Å²) in [5.41, 5.74) is 0. The fourth-order valence-electron chi connectivity index (χ4n) is 3.09. The normalized spacial score (nSPS) is 16.7. The second-order valence-electron chi connectivity index (χ2n) is 5.33. The Kier molecular flexibility index (Phi) is 4.41. The van der Waals surface area contributed by atoms with E-state index in [1.807, 2.05) is 0 Å². The fourth-order valence-corrected chi connectivity index (χ4v) is 9.40. The fraction of sp³-hybridized carbons (Fsp3) is 0.333. The molecule has 0 saturated heterocycles. The Hall–Kier alpha value is -1.00. The minimum atomic E-state index is -1.11. The van der Waals surface area contributed by atoms with E-state index in [9.17, 15) is 0 Å². The molecule has 0 heterocycles. The van der Waals surface area contributed by atoms with Gasteiger partial charge in [-0.2, -0.15) is 0 Å². The Bertz CT molecular complexity index is 446. The van der Waals surface area contributed by atoms with E-state index in [0.29, 0.717) is 0 Å². The summed E-state index contributed by atoms with van der Waals surface area (Å²) in [5, 5.41) is 0. The van der Waals surface area contributed by atoms with E-state index in [2.05, 4.69) is 60.7 Å². The van der Waals surface area contributed by atoms with E-state index >= 15 is 0 Å². The van der Waals surface area contributed by atoms with Crippen molar-refractivity contribution < 1.29 is 0 Å². The van der Waals surface area contributed by atoms with Crippen LogP contribution in [0.5, 0.6) is 0 Å². The molecule has 98 valence electrons. The monoisotopic (exact) mass is 312 g/mol. The number of benzene rings is 2. The molecule has 3 rings (SSSR count). The third-order valence-electron chi connectivity index (χ3n) is 4.01. The molecule has 1 saturated carbocycles. The van der Waals surface area contributed by atoms with Crippen LogP contribution in [0.3, 0.4) is 0 Å². The summed E-state index contributed by atoms with van der Waals surface area (Å²) in [4.78, 5) is 0. The SMILES string of the molecule is c1ccc([As](c2ccccc2)C2CCCCC2)cc1. The molecule has 0 N–H and O–H groups in total. The van der Waals surface area contributed by atoms with Crippen molar-refractivity contribution in [1.82, 2.24) is 0 Å². The predicted molar refractivity (Wildman–Crippen MR) is 84.7 cm³/mol. The van der Waals surface area contributed by atoms with Gasteiger partial charge < -0.3 is 0 Å². The zero-order chi connectivity index (χ0) is 12.9. The first-order valence-corrected chi connectivity index (χ1v) is 10.3. The van der Waals surface area contributed by atoms with Gasteiger partial charge in [-0.05, 0) is 0 Å². The number of hydrogen-bond donors (Lipinski definition) is 0. The van der Waals surface area contributed by atoms with E-state index in [-0.39, 0.29) is 0 Å². The van der Waals surface area contributed by atoms with Gasteiger partial charge in [0.1, 0.15) is 0 Å². The molecule has 0 nitrogen and oxygen atoms in total. The van der Waals surface area contributed by atoms with Crippen LogP contribution in [-0.2, 0) is 0 Å². The molecule has 0 amide bonds. The molecule has 1 aliphatic rings. The van der Waals surface area contributed by atoms with Gasteiger partial charge in [-0.3, -0.25) is 0 Å². The van der Waals surface area contributed by atoms with Gasteiger partial charge in [0.05, 0.1) is 0 Å². The van der Waals surface area contributed by atoms with Gasteiger partial charge in [0, 0.05) is 0 Å². The predicted octanol–water partition coefficient (Wildman–Crippen LogP) is 3.63. The van der Waals surface area contributed by atoms with Gasteiger partial charge in [0.15, 0.2) is 0 Å². The molecule has 19 heavy (non-hydrogen) atoms. The summed E-state index contributed by atoms with van der Waals surface area (Å²) >= 11 is -1.11. The minimum absolute atomic E-state index is 0.964. The zero-order valence-electron chi connectivity index (χ0n) is 11.3. The van der Waals surface area contributed by atoms with Crippen LogP contribution in [0.1, 0.15) is 32.1 Å². The van der Waals surface area contributed by atoms with Crippen LogP contribution in [0.15, 0.2) is 60.7 Å². The van der Waals surface area contributed by atoms with Crippen molar-refractivity contribution in [3.8, 4) is 0 Å². The van der Waals surface area contributed by atoms with Crippen molar-refractivity contribution in [3.63, 3.8) is 0 Å². The van der Waals surface area contributed by atoms with Crippen LogP contribution in [0.2, 0.25) is 4.71 Å². The summed E-state index contributed by atoms with van der Waals surface area (Å²) in [7, 11) is 0. The Morgan fingerprint density at radius 3 is 1.58 bits per heavy atom. The number of hydrogen-bond acceptors (Lipinski definition) is 0. The Balaban J connectivity index is 1.96. The standard InChI is InChI=1S/C18H21As/c1-4-10-16(11-5-1)19(17-12-6-2-7-13-17)18-14-8-3-9-15-18/h1-2,4-7,10-13,18H,3,8-9,14-15H2. The second-order valence-corrected chi connectivity index (χ2v) is 10.6. The molecule has 0 radical (unpaired) electrons. The Labute approximate surface area is 121 Å². The summed E-state index contributed by atoms with van der Waals surface area (Å²) in [6.07, 6.45) is 7.22. The van der Waals surface area contributed by atoms with Gasteiger partial charge >= 0.3 is 121 Å². The van der Waals surface area contributed by atoms with E-state index < -0.39 is 14.7 Å². The second kappa shape index (κ2) is 6.44. The third-order valence-corrected chi connectivity index (χ3v) is 10.2. The first-order chi connectivity index (χ1) is 9.45. The van der Waals surface area contributed by atoms with Crippen LogP contribution < -0.4 is 8.70 Å². The van der Waals surface area contributed by atoms with Crippen molar-refractivity contribution in [2.75, 3.05) is 0 Å². The number of rotatable bonds is 3. The summed E-state index contributed by atoms with van der Waals surface area (Å²) in [6, 6.07) is 22.6. The Morgan fingerprint density at radius 1 is 0.632 bits per heavy atom. The summed E-state index contributed by atoms with van der Waals surface area (Å²) < 4.78 is 4.23. The van der Waals surface area contributed by atoms with E-state index in [0.717, 1.165) is 4.71 Å². The zero-order valence-corrected chi connectivity index (χ0v) is 13.2. The van der Waals surface area contributed by atoms with Crippen molar-refractivity contribution in [3.05, 3.63) is 60.7 Å². The molecule has 1 fully saturated rings. The summed E-state index contributed by atoms with van der Waals surface area (Å²) in [6.45, 7) is 0. The molecule has 2 aromatic carbocycles. The average molecular weight is 312 g/mol. The first-order valence-electron chi connectivity index (χ1n) is 7.34. The molecule has 0 aromatic heterocycles. The first kappa shape index (κ1) is 13.0. The third kappa shape index (κ3) is 3.12. The van der Waals surface area contributed by atoms with Crippen LogP contribution in [0.4, 0.5) is 0 Å². The maximum absolute atomic E-state index is 2.36. The molecular weight excluding hydrogens is 291 g/mol. The molecule has 1 heteroatoms. The molecule has 2 aromatic rings. The van der Waals surface area contributed by atoms with E-state index in [1.165, 1.54) is 32.1 Å². The molecule has 0 unspecified atom stereocenters.